The summed E-state index contributed by atoms with van der Waals surface area (Å²) in [6.07, 6.45) is 1.72. The first-order valence-corrected chi connectivity index (χ1v) is 9.85. The molecule has 1 amide bonds. The number of nitrogens with zero attached hydrogens (tertiary/aromatic N) is 1. The van der Waals surface area contributed by atoms with Crippen molar-refractivity contribution in [3.05, 3.63) is 114 Å². The van der Waals surface area contributed by atoms with Crippen molar-refractivity contribution in [2.75, 3.05) is 0 Å². The van der Waals surface area contributed by atoms with Gasteiger partial charge in [0.05, 0.1) is 12.6 Å². The van der Waals surface area contributed by atoms with Crippen molar-refractivity contribution in [3.63, 3.8) is 0 Å². The highest BCUT2D eigenvalue weighted by Crippen LogP contribution is 2.20. The number of benzene rings is 4. The zero-order valence-corrected chi connectivity index (χ0v) is 16.7. The fourth-order valence-corrected chi connectivity index (χ4v) is 3.21. The average Bonchev–Trinajstić information content (AvgIpc) is 2.81. The van der Waals surface area contributed by atoms with Crippen LogP contribution in [0.1, 0.15) is 21.5 Å². The number of nitrogens with one attached hydrogen (secondary N) is 1. The van der Waals surface area contributed by atoms with Gasteiger partial charge >= 0.3 is 5.97 Å². The van der Waals surface area contributed by atoms with Gasteiger partial charge in [0.25, 0.3) is 5.91 Å². The van der Waals surface area contributed by atoms with Gasteiger partial charge < -0.3 is 4.74 Å². The Morgan fingerprint density at radius 3 is 2.32 bits per heavy atom. The molecular formula is C26H20N2O3. The summed E-state index contributed by atoms with van der Waals surface area (Å²) >= 11 is 0. The summed E-state index contributed by atoms with van der Waals surface area (Å²) in [6.45, 7) is 0. The number of amides is 1. The molecule has 0 saturated heterocycles. The quantitative estimate of drug-likeness (QED) is 0.217. The van der Waals surface area contributed by atoms with E-state index in [-0.39, 0.29) is 18.3 Å². The molecule has 0 saturated carbocycles. The largest absolute Gasteiger partial charge is 0.426 e. The molecule has 4 aromatic rings. The summed E-state index contributed by atoms with van der Waals surface area (Å²) in [6, 6.07) is 29.6. The van der Waals surface area contributed by atoms with Crippen LogP contribution in [0.3, 0.4) is 0 Å². The van der Waals surface area contributed by atoms with Crippen LogP contribution >= 0.6 is 0 Å². The first-order chi connectivity index (χ1) is 15.2. The lowest BCUT2D eigenvalue weighted by molar-refractivity contribution is -0.133. The van der Waals surface area contributed by atoms with E-state index in [2.05, 4.69) is 10.5 Å². The molecule has 4 aromatic carbocycles. The Balaban J connectivity index is 1.34. The second-order valence-electron chi connectivity index (χ2n) is 6.92. The van der Waals surface area contributed by atoms with E-state index in [9.17, 15) is 9.59 Å². The molecule has 0 aliphatic rings. The van der Waals surface area contributed by atoms with Crippen LogP contribution in [0, 0.1) is 0 Å². The number of carbonyl (C=O) groups excluding carboxylic acids is 2. The molecule has 0 bridgehead atoms. The van der Waals surface area contributed by atoms with Gasteiger partial charge in [0.1, 0.15) is 5.75 Å². The first-order valence-electron chi connectivity index (χ1n) is 9.85. The van der Waals surface area contributed by atoms with E-state index in [0.717, 1.165) is 21.9 Å². The molecule has 1 N–H and O–H groups in total. The maximum absolute atomic E-state index is 12.4. The number of hydrogen-bond acceptors (Lipinski definition) is 4. The number of hydrogen-bond donors (Lipinski definition) is 1. The summed E-state index contributed by atoms with van der Waals surface area (Å²) in [7, 11) is 0. The molecule has 0 spiro atoms. The Labute approximate surface area is 180 Å². The monoisotopic (exact) mass is 408 g/mol. The summed E-state index contributed by atoms with van der Waals surface area (Å²) in [5, 5.41) is 6.10. The Morgan fingerprint density at radius 2 is 1.52 bits per heavy atom. The normalized spacial score (nSPS) is 10.8. The predicted molar refractivity (Wildman–Crippen MR) is 121 cm³/mol. The molecule has 4 rings (SSSR count). The fourth-order valence-electron chi connectivity index (χ4n) is 3.21. The van der Waals surface area contributed by atoms with Crippen molar-refractivity contribution in [1.29, 1.82) is 0 Å². The SMILES string of the molecule is O=C(Cc1cccc2ccccc12)Oc1ccc(C=NNC(=O)c2ccccc2)cc1. The average molecular weight is 408 g/mol. The Morgan fingerprint density at radius 1 is 0.806 bits per heavy atom. The topological polar surface area (TPSA) is 67.8 Å². The zero-order valence-electron chi connectivity index (χ0n) is 16.7. The van der Waals surface area contributed by atoms with Gasteiger partial charge in [-0.3, -0.25) is 9.59 Å². The van der Waals surface area contributed by atoms with E-state index in [4.69, 9.17) is 4.74 Å². The van der Waals surface area contributed by atoms with E-state index in [1.165, 1.54) is 6.21 Å². The third-order valence-electron chi connectivity index (χ3n) is 4.74. The van der Waals surface area contributed by atoms with E-state index < -0.39 is 0 Å². The van der Waals surface area contributed by atoms with Gasteiger partial charge in [0.2, 0.25) is 0 Å². The molecule has 0 fully saturated rings. The van der Waals surface area contributed by atoms with E-state index in [0.29, 0.717) is 11.3 Å². The van der Waals surface area contributed by atoms with Gasteiger partial charge in [-0.1, -0.05) is 60.7 Å². The van der Waals surface area contributed by atoms with Gasteiger partial charge in [-0.15, -0.1) is 0 Å². The molecule has 0 unspecified atom stereocenters. The Kier molecular flexibility index (Phi) is 6.14. The zero-order chi connectivity index (χ0) is 21.5. The van der Waals surface area contributed by atoms with Crippen molar-refractivity contribution >= 4 is 28.9 Å². The summed E-state index contributed by atoms with van der Waals surface area (Å²) in [5.74, 6) is -0.153. The molecule has 0 aliphatic carbocycles. The Bertz CT molecular complexity index is 1230. The van der Waals surface area contributed by atoms with Crippen molar-refractivity contribution in [2.45, 2.75) is 6.42 Å². The molecule has 0 aromatic heterocycles. The summed E-state index contributed by atoms with van der Waals surface area (Å²) in [4.78, 5) is 24.4. The molecule has 31 heavy (non-hydrogen) atoms. The maximum Gasteiger partial charge on any atom is 0.315 e. The van der Waals surface area contributed by atoms with E-state index in [1.807, 2.05) is 48.5 Å². The highest BCUT2D eigenvalue weighted by molar-refractivity contribution is 5.94. The van der Waals surface area contributed by atoms with Gasteiger partial charge in [-0.05, 0) is 58.3 Å². The summed E-state index contributed by atoms with van der Waals surface area (Å²) < 4.78 is 5.47. The molecule has 0 radical (unpaired) electrons. The highest BCUT2D eigenvalue weighted by Gasteiger charge is 2.09. The molecule has 152 valence electrons. The number of rotatable bonds is 6. The van der Waals surface area contributed by atoms with Gasteiger partial charge in [-0.2, -0.15) is 5.10 Å². The molecule has 0 aliphatic heterocycles. The highest BCUT2D eigenvalue weighted by atomic mass is 16.5. The van der Waals surface area contributed by atoms with Crippen molar-refractivity contribution in [3.8, 4) is 5.75 Å². The lowest BCUT2D eigenvalue weighted by Crippen LogP contribution is -2.17. The van der Waals surface area contributed by atoms with Crippen LogP contribution in [0.25, 0.3) is 10.8 Å². The second kappa shape index (κ2) is 9.50. The maximum atomic E-state index is 12.4. The molecule has 0 atom stereocenters. The number of hydrazone groups is 1. The number of esters is 1. The standard InChI is InChI=1S/C26H20N2O3/c29-25(17-22-11-6-10-20-7-4-5-12-24(20)22)31-23-15-13-19(14-16-23)18-27-28-26(30)21-8-2-1-3-9-21/h1-16,18H,17H2,(H,28,30). The summed E-state index contributed by atoms with van der Waals surface area (Å²) in [5.41, 5.74) is 4.71. The third-order valence-corrected chi connectivity index (χ3v) is 4.74. The van der Waals surface area contributed by atoms with Gasteiger partial charge in [0.15, 0.2) is 0 Å². The number of ether oxygens (including phenoxy) is 1. The van der Waals surface area contributed by atoms with Crippen LogP contribution in [0.5, 0.6) is 5.75 Å². The predicted octanol–water partition coefficient (Wildman–Crippen LogP) is 4.75. The Hall–Kier alpha value is -4.25. The van der Waals surface area contributed by atoms with Gasteiger partial charge in [-0.25, -0.2) is 5.43 Å². The van der Waals surface area contributed by atoms with Crippen LogP contribution in [0.15, 0.2) is 102 Å². The van der Waals surface area contributed by atoms with Crippen molar-refractivity contribution in [2.24, 2.45) is 5.10 Å². The molecular weight excluding hydrogens is 388 g/mol. The minimum absolute atomic E-state index is 0.191. The van der Waals surface area contributed by atoms with Crippen molar-refractivity contribution in [1.82, 2.24) is 5.43 Å². The second-order valence-corrected chi connectivity index (χ2v) is 6.92. The van der Waals surface area contributed by atoms with E-state index in [1.54, 1.807) is 48.5 Å². The van der Waals surface area contributed by atoms with Crippen LogP contribution in [0.2, 0.25) is 0 Å². The third kappa shape index (κ3) is 5.22. The smallest absolute Gasteiger partial charge is 0.315 e. The molecule has 5 nitrogen and oxygen atoms in total. The van der Waals surface area contributed by atoms with E-state index >= 15 is 0 Å². The fraction of sp³-hybridized carbons (Fsp3) is 0.0385. The first kappa shape index (κ1) is 20.0. The minimum atomic E-state index is -0.326. The van der Waals surface area contributed by atoms with Gasteiger partial charge in [0, 0.05) is 5.56 Å². The minimum Gasteiger partial charge on any atom is -0.426 e. The lowest BCUT2D eigenvalue weighted by atomic mass is 10.0. The molecule has 0 heterocycles. The molecule has 5 heteroatoms. The van der Waals surface area contributed by atoms with Crippen LogP contribution in [-0.2, 0) is 11.2 Å². The van der Waals surface area contributed by atoms with Crippen LogP contribution < -0.4 is 10.2 Å². The number of fused-ring (bicyclic) bond motifs is 1. The van der Waals surface area contributed by atoms with Crippen molar-refractivity contribution < 1.29 is 14.3 Å². The lowest BCUT2D eigenvalue weighted by Gasteiger charge is -2.07. The van der Waals surface area contributed by atoms with Crippen LogP contribution in [-0.4, -0.2) is 18.1 Å². The number of carbonyl (C=O) groups is 2. The van der Waals surface area contributed by atoms with Crippen LogP contribution in [0.4, 0.5) is 0 Å².